The van der Waals surface area contributed by atoms with Gasteiger partial charge in [-0.05, 0) is 0 Å². The van der Waals surface area contributed by atoms with Gasteiger partial charge in [-0.25, -0.2) is 0 Å². The van der Waals surface area contributed by atoms with Crippen LogP contribution in [0.5, 0.6) is 0 Å². The second-order valence-corrected chi connectivity index (χ2v) is 2.80. The zero-order valence-corrected chi connectivity index (χ0v) is 7.68. The van der Waals surface area contributed by atoms with Crippen LogP contribution in [0.2, 0.25) is 0 Å². The standard InChI is InChI=1S/C3H9O6P.Ag/c4-1-3(5)2-9-10(6,7)8;/h3-5H,1-2H2,(H2,6,7,8);/q;+1/p-1. The topological polar surface area (TPSA) is 110 Å². The number of hydrogen-bond acceptors (Lipinski definition) is 5. The Morgan fingerprint density at radius 3 is 2.36 bits per heavy atom. The van der Waals surface area contributed by atoms with Crippen LogP contribution >= 0.6 is 7.82 Å². The molecule has 0 aromatic heterocycles. The fourth-order valence-corrected chi connectivity index (χ4v) is 0.593. The molecule has 0 aliphatic carbocycles. The van der Waals surface area contributed by atoms with Gasteiger partial charge in [0.2, 0.25) is 0 Å². The van der Waals surface area contributed by atoms with E-state index in [1.54, 1.807) is 0 Å². The van der Waals surface area contributed by atoms with Gasteiger partial charge in [0, 0.05) is 0 Å². The molecule has 0 amide bonds. The van der Waals surface area contributed by atoms with Crippen LogP contribution in [0.25, 0.3) is 0 Å². The van der Waals surface area contributed by atoms with Crippen molar-refractivity contribution in [3.05, 3.63) is 0 Å². The summed E-state index contributed by atoms with van der Waals surface area (Å²) in [6, 6.07) is 0. The summed E-state index contributed by atoms with van der Waals surface area (Å²) < 4.78 is 13.5. The monoisotopic (exact) mass is 278 g/mol. The predicted molar refractivity (Wildman–Crippen MR) is 28.9 cm³/mol. The molecule has 0 saturated carbocycles. The first kappa shape index (κ1) is 14.3. The Morgan fingerprint density at radius 2 is 2.09 bits per heavy atom. The van der Waals surface area contributed by atoms with Crippen molar-refractivity contribution in [3.63, 3.8) is 0 Å². The molecule has 8 heteroatoms. The van der Waals surface area contributed by atoms with E-state index < -0.39 is 27.1 Å². The van der Waals surface area contributed by atoms with E-state index in [1.807, 2.05) is 0 Å². The summed E-state index contributed by atoms with van der Waals surface area (Å²) in [7, 11) is -4.75. The van der Waals surface area contributed by atoms with E-state index in [0.717, 1.165) is 0 Å². The Hall–Kier alpha value is 0.770. The summed E-state index contributed by atoms with van der Waals surface area (Å²) in [5.74, 6) is 0. The third-order valence-corrected chi connectivity index (χ3v) is 1.12. The molecule has 72 valence electrons. The summed E-state index contributed by atoms with van der Waals surface area (Å²) in [5.41, 5.74) is 0. The first-order chi connectivity index (χ1) is 4.45. The van der Waals surface area contributed by atoms with Crippen molar-refractivity contribution in [1.82, 2.24) is 0 Å². The van der Waals surface area contributed by atoms with Crippen LogP contribution in [0.15, 0.2) is 0 Å². The molecule has 0 aliphatic rings. The van der Waals surface area contributed by atoms with Crippen molar-refractivity contribution < 1.29 is 51.5 Å². The normalized spacial score (nSPS) is 18.2. The first-order valence-corrected chi connectivity index (χ1v) is 3.92. The van der Waals surface area contributed by atoms with Gasteiger partial charge in [0.1, 0.15) is 6.10 Å². The fourth-order valence-electron chi connectivity index (χ4n) is 0.233. The summed E-state index contributed by atoms with van der Waals surface area (Å²) in [6.07, 6.45) is -1.28. The minimum Gasteiger partial charge on any atom is -0.756 e. The minimum absolute atomic E-state index is 0. The minimum atomic E-state index is -4.75. The zero-order valence-electron chi connectivity index (χ0n) is 5.31. The molecule has 3 N–H and O–H groups in total. The summed E-state index contributed by atoms with van der Waals surface area (Å²) in [6.45, 7) is -1.24. The van der Waals surface area contributed by atoms with Gasteiger partial charge in [-0.15, -0.1) is 0 Å². The number of aliphatic hydroxyl groups is 2. The van der Waals surface area contributed by atoms with Gasteiger partial charge in [-0.1, -0.05) is 0 Å². The quantitative estimate of drug-likeness (QED) is 0.398. The fraction of sp³-hybridized carbons (Fsp3) is 1.00. The van der Waals surface area contributed by atoms with Crippen LogP contribution in [0.4, 0.5) is 0 Å². The number of aliphatic hydroxyl groups excluding tert-OH is 2. The van der Waals surface area contributed by atoms with Gasteiger partial charge < -0.3 is 24.5 Å². The van der Waals surface area contributed by atoms with Crippen molar-refractivity contribution in [3.8, 4) is 0 Å². The van der Waals surface area contributed by atoms with Gasteiger partial charge in [0.05, 0.1) is 13.2 Å². The summed E-state index contributed by atoms with van der Waals surface area (Å²) in [5, 5.41) is 16.6. The molecule has 0 aliphatic heterocycles. The van der Waals surface area contributed by atoms with Crippen molar-refractivity contribution in [1.29, 1.82) is 0 Å². The maximum atomic E-state index is 9.82. The van der Waals surface area contributed by atoms with Gasteiger partial charge >= 0.3 is 22.4 Å². The van der Waals surface area contributed by atoms with Crippen LogP contribution in [-0.2, 0) is 31.5 Å². The molecule has 0 saturated heterocycles. The zero-order chi connectivity index (χ0) is 8.20. The molecule has 2 atom stereocenters. The summed E-state index contributed by atoms with van der Waals surface area (Å²) >= 11 is 0. The average Bonchev–Trinajstić information content (AvgIpc) is 1.81. The van der Waals surface area contributed by atoms with E-state index in [1.165, 1.54) is 0 Å². The molecule has 0 heterocycles. The second-order valence-electron chi connectivity index (χ2n) is 1.60. The van der Waals surface area contributed by atoms with E-state index in [0.29, 0.717) is 0 Å². The number of hydrogen-bond donors (Lipinski definition) is 3. The van der Waals surface area contributed by atoms with Crippen LogP contribution in [0.3, 0.4) is 0 Å². The van der Waals surface area contributed by atoms with E-state index in [2.05, 4.69) is 4.52 Å². The Kier molecular flexibility index (Phi) is 8.20. The molecule has 0 radical (unpaired) electrons. The van der Waals surface area contributed by atoms with Crippen molar-refractivity contribution in [2.24, 2.45) is 0 Å². The molecule has 0 rings (SSSR count). The van der Waals surface area contributed by atoms with Crippen LogP contribution in [0, 0.1) is 0 Å². The molecule has 2 unspecified atom stereocenters. The third kappa shape index (κ3) is 10.8. The Labute approximate surface area is 78.9 Å². The summed E-state index contributed by atoms with van der Waals surface area (Å²) in [4.78, 5) is 17.8. The smallest absolute Gasteiger partial charge is 0.756 e. The van der Waals surface area contributed by atoms with Crippen molar-refractivity contribution in [2.45, 2.75) is 6.10 Å². The molecule has 0 aromatic rings. The molecule has 0 aromatic carbocycles. The van der Waals surface area contributed by atoms with Crippen molar-refractivity contribution >= 4 is 7.82 Å². The molecule has 0 bridgehead atoms. The van der Waals surface area contributed by atoms with Gasteiger partial charge in [0.15, 0.2) is 0 Å². The number of rotatable bonds is 4. The van der Waals surface area contributed by atoms with Crippen LogP contribution < -0.4 is 4.89 Å². The van der Waals surface area contributed by atoms with Crippen LogP contribution in [-0.4, -0.2) is 34.4 Å². The number of phosphoric acid groups is 1. The largest absolute Gasteiger partial charge is 1.00 e. The molecule has 6 nitrogen and oxygen atoms in total. The Balaban J connectivity index is 0. The number of phosphoric ester groups is 1. The van der Waals surface area contributed by atoms with E-state index in [9.17, 15) is 9.46 Å². The molecular formula is C3H8AgO6P. The maximum absolute atomic E-state index is 9.82. The molecular weight excluding hydrogens is 271 g/mol. The SMILES string of the molecule is O=P([O-])(O)OCC(O)CO.[Ag+]. The first-order valence-electron chi connectivity index (χ1n) is 2.43. The van der Waals surface area contributed by atoms with E-state index in [4.69, 9.17) is 15.1 Å². The van der Waals surface area contributed by atoms with Gasteiger partial charge in [0.25, 0.3) is 7.82 Å². The molecule has 0 fully saturated rings. The maximum Gasteiger partial charge on any atom is 1.00 e. The van der Waals surface area contributed by atoms with Crippen LogP contribution in [0.1, 0.15) is 0 Å². The van der Waals surface area contributed by atoms with Gasteiger partial charge in [-0.2, -0.15) is 0 Å². The Morgan fingerprint density at radius 1 is 1.64 bits per heavy atom. The third-order valence-electron chi connectivity index (χ3n) is 0.641. The molecule has 11 heavy (non-hydrogen) atoms. The predicted octanol–water partition coefficient (Wildman–Crippen LogP) is -2.19. The second kappa shape index (κ2) is 6.30. The molecule has 0 spiro atoms. The average molecular weight is 279 g/mol. The Bertz CT molecular complexity index is 134. The van der Waals surface area contributed by atoms with E-state index >= 15 is 0 Å². The van der Waals surface area contributed by atoms with Gasteiger partial charge in [-0.3, -0.25) is 4.57 Å². The van der Waals surface area contributed by atoms with E-state index in [-0.39, 0.29) is 22.4 Å². The van der Waals surface area contributed by atoms with Crippen molar-refractivity contribution in [2.75, 3.05) is 13.2 Å².